The molecule has 0 aromatic carbocycles. The summed E-state index contributed by atoms with van der Waals surface area (Å²) >= 11 is 0. The molecule has 0 amide bonds. The Morgan fingerprint density at radius 3 is 2.88 bits per heavy atom. The van der Waals surface area contributed by atoms with Gasteiger partial charge in [-0.2, -0.15) is 0 Å². The minimum Gasteiger partial charge on any atom is -0.463 e. The van der Waals surface area contributed by atoms with Crippen molar-refractivity contribution in [3.63, 3.8) is 0 Å². The van der Waals surface area contributed by atoms with Crippen LogP contribution >= 0.6 is 0 Å². The molecule has 2 N–H and O–H groups in total. The molecule has 1 aromatic rings. The molecule has 4 heteroatoms. The van der Waals surface area contributed by atoms with Gasteiger partial charge in [0, 0.05) is 18.9 Å². The number of rotatable bonds is 4. The Kier molecular flexibility index (Phi) is 3.49. The van der Waals surface area contributed by atoms with Crippen molar-refractivity contribution in [2.24, 2.45) is 5.73 Å². The van der Waals surface area contributed by atoms with Crippen LogP contribution in [0, 0.1) is 0 Å². The Bertz CT molecular complexity index is 329. The number of hydrogen-bond donors (Lipinski definition) is 1. The van der Waals surface area contributed by atoms with Gasteiger partial charge in [0.1, 0.15) is 6.61 Å². The minimum atomic E-state index is -0.136. The molecule has 1 aliphatic rings. The second-order valence-electron chi connectivity index (χ2n) is 4.71. The standard InChI is InChI=1S/C12H21N3O/c1-2-15-9-8-14-11(15)16-10-12(13)6-4-3-5-7-12/h8-9H,2-7,10,13H2,1H3. The second-order valence-corrected chi connectivity index (χ2v) is 4.71. The lowest BCUT2D eigenvalue weighted by atomic mass is 9.83. The normalized spacial score (nSPS) is 19.6. The maximum absolute atomic E-state index is 6.31. The average molecular weight is 223 g/mol. The molecule has 1 heterocycles. The number of hydrogen-bond acceptors (Lipinski definition) is 3. The van der Waals surface area contributed by atoms with Crippen molar-refractivity contribution in [1.82, 2.24) is 9.55 Å². The molecule has 0 saturated heterocycles. The van der Waals surface area contributed by atoms with Crippen LogP contribution < -0.4 is 10.5 Å². The van der Waals surface area contributed by atoms with Crippen LogP contribution in [-0.4, -0.2) is 21.7 Å². The van der Waals surface area contributed by atoms with Crippen molar-refractivity contribution in [3.8, 4) is 6.01 Å². The molecule has 4 nitrogen and oxygen atoms in total. The molecular formula is C12H21N3O. The molecule has 0 bridgehead atoms. The lowest BCUT2D eigenvalue weighted by Gasteiger charge is -2.32. The largest absolute Gasteiger partial charge is 0.463 e. The van der Waals surface area contributed by atoms with Crippen molar-refractivity contribution in [1.29, 1.82) is 0 Å². The third-order valence-electron chi connectivity index (χ3n) is 3.36. The molecule has 2 rings (SSSR count). The van der Waals surface area contributed by atoms with Gasteiger partial charge in [-0.3, -0.25) is 0 Å². The summed E-state index contributed by atoms with van der Waals surface area (Å²) in [5.41, 5.74) is 6.17. The van der Waals surface area contributed by atoms with E-state index in [0.29, 0.717) is 12.6 Å². The molecule has 1 aliphatic carbocycles. The van der Waals surface area contributed by atoms with E-state index < -0.39 is 0 Å². The van der Waals surface area contributed by atoms with Crippen molar-refractivity contribution >= 4 is 0 Å². The minimum absolute atomic E-state index is 0.136. The summed E-state index contributed by atoms with van der Waals surface area (Å²) in [6.07, 6.45) is 9.59. The Morgan fingerprint density at radius 1 is 1.44 bits per heavy atom. The summed E-state index contributed by atoms with van der Waals surface area (Å²) in [6.45, 7) is 3.55. The highest BCUT2D eigenvalue weighted by atomic mass is 16.5. The Morgan fingerprint density at radius 2 is 2.19 bits per heavy atom. The van der Waals surface area contributed by atoms with E-state index in [1.807, 2.05) is 10.8 Å². The zero-order valence-corrected chi connectivity index (χ0v) is 9.98. The highest BCUT2D eigenvalue weighted by Gasteiger charge is 2.28. The summed E-state index contributed by atoms with van der Waals surface area (Å²) in [7, 11) is 0. The first kappa shape index (κ1) is 11.5. The number of imidazole rings is 1. The molecule has 0 spiro atoms. The highest BCUT2D eigenvalue weighted by molar-refractivity contribution is 4.99. The third kappa shape index (κ3) is 2.55. The van der Waals surface area contributed by atoms with Gasteiger partial charge in [0.05, 0.1) is 5.54 Å². The highest BCUT2D eigenvalue weighted by Crippen LogP contribution is 2.26. The summed E-state index contributed by atoms with van der Waals surface area (Å²) in [6, 6.07) is 0.692. The van der Waals surface area contributed by atoms with Gasteiger partial charge in [-0.05, 0) is 19.8 Å². The lowest BCUT2D eigenvalue weighted by Crippen LogP contribution is -2.47. The maximum atomic E-state index is 6.31. The molecule has 1 fully saturated rings. The maximum Gasteiger partial charge on any atom is 0.296 e. The fraction of sp³-hybridized carbons (Fsp3) is 0.750. The fourth-order valence-corrected chi connectivity index (χ4v) is 2.28. The van der Waals surface area contributed by atoms with Gasteiger partial charge in [0.25, 0.3) is 6.01 Å². The van der Waals surface area contributed by atoms with E-state index in [1.54, 1.807) is 6.20 Å². The van der Waals surface area contributed by atoms with Crippen molar-refractivity contribution in [2.45, 2.75) is 51.1 Å². The average Bonchev–Trinajstić information content (AvgIpc) is 2.75. The fourth-order valence-electron chi connectivity index (χ4n) is 2.28. The number of nitrogens with zero attached hydrogens (tertiary/aromatic N) is 2. The van der Waals surface area contributed by atoms with Gasteiger partial charge in [-0.1, -0.05) is 19.3 Å². The van der Waals surface area contributed by atoms with Crippen LogP contribution in [0.4, 0.5) is 0 Å². The third-order valence-corrected chi connectivity index (χ3v) is 3.36. The lowest BCUT2D eigenvalue weighted by molar-refractivity contribution is 0.159. The predicted molar refractivity (Wildman–Crippen MR) is 63.4 cm³/mol. The Balaban J connectivity index is 1.91. The first-order valence-electron chi connectivity index (χ1n) is 6.16. The van der Waals surface area contributed by atoms with Crippen LogP contribution in [0.2, 0.25) is 0 Å². The van der Waals surface area contributed by atoms with E-state index in [2.05, 4.69) is 11.9 Å². The van der Waals surface area contributed by atoms with Crippen molar-refractivity contribution in [2.75, 3.05) is 6.61 Å². The molecule has 0 unspecified atom stereocenters. The molecule has 1 aromatic heterocycles. The van der Waals surface area contributed by atoms with Crippen LogP contribution in [0.25, 0.3) is 0 Å². The van der Waals surface area contributed by atoms with E-state index in [-0.39, 0.29) is 5.54 Å². The molecule has 16 heavy (non-hydrogen) atoms. The van der Waals surface area contributed by atoms with Gasteiger partial charge in [-0.25, -0.2) is 4.98 Å². The van der Waals surface area contributed by atoms with Crippen LogP contribution in [0.3, 0.4) is 0 Å². The van der Waals surface area contributed by atoms with Crippen LogP contribution in [0.15, 0.2) is 12.4 Å². The van der Waals surface area contributed by atoms with Crippen molar-refractivity contribution < 1.29 is 4.74 Å². The van der Waals surface area contributed by atoms with Gasteiger partial charge in [0.2, 0.25) is 0 Å². The van der Waals surface area contributed by atoms with Gasteiger partial charge in [-0.15, -0.1) is 0 Å². The van der Waals surface area contributed by atoms with Crippen molar-refractivity contribution in [3.05, 3.63) is 12.4 Å². The Hall–Kier alpha value is -1.03. The van der Waals surface area contributed by atoms with Crippen LogP contribution in [0.5, 0.6) is 6.01 Å². The zero-order valence-electron chi connectivity index (χ0n) is 9.98. The molecular weight excluding hydrogens is 202 g/mol. The van der Waals surface area contributed by atoms with Crippen LogP contribution in [-0.2, 0) is 6.54 Å². The topological polar surface area (TPSA) is 53.1 Å². The summed E-state index contributed by atoms with van der Waals surface area (Å²) in [4.78, 5) is 4.19. The van der Waals surface area contributed by atoms with E-state index >= 15 is 0 Å². The summed E-state index contributed by atoms with van der Waals surface area (Å²) in [5.74, 6) is 0. The quantitative estimate of drug-likeness (QED) is 0.848. The molecule has 90 valence electrons. The molecule has 1 saturated carbocycles. The number of ether oxygens (including phenoxy) is 1. The first-order chi connectivity index (χ1) is 7.73. The smallest absolute Gasteiger partial charge is 0.296 e. The SMILES string of the molecule is CCn1ccnc1OCC1(N)CCCCC1. The van der Waals surface area contributed by atoms with Gasteiger partial charge >= 0.3 is 0 Å². The van der Waals surface area contributed by atoms with E-state index in [9.17, 15) is 0 Å². The van der Waals surface area contributed by atoms with E-state index in [0.717, 1.165) is 19.4 Å². The van der Waals surface area contributed by atoms with Gasteiger partial charge in [0.15, 0.2) is 0 Å². The molecule has 0 atom stereocenters. The molecule has 0 aliphatic heterocycles. The molecule has 0 radical (unpaired) electrons. The monoisotopic (exact) mass is 223 g/mol. The summed E-state index contributed by atoms with van der Waals surface area (Å²) in [5, 5.41) is 0. The number of aryl methyl sites for hydroxylation is 1. The number of nitrogens with two attached hydrogens (primary N) is 1. The summed E-state index contributed by atoms with van der Waals surface area (Å²) < 4.78 is 7.73. The predicted octanol–water partition coefficient (Wildman–Crippen LogP) is 1.94. The Labute approximate surface area is 96.8 Å². The van der Waals surface area contributed by atoms with E-state index in [4.69, 9.17) is 10.5 Å². The zero-order chi connectivity index (χ0) is 11.4. The second kappa shape index (κ2) is 4.87. The number of aromatic nitrogens is 2. The van der Waals surface area contributed by atoms with Crippen LogP contribution in [0.1, 0.15) is 39.0 Å². The first-order valence-corrected chi connectivity index (χ1v) is 6.16. The van der Waals surface area contributed by atoms with E-state index in [1.165, 1.54) is 19.3 Å². The van der Waals surface area contributed by atoms with Gasteiger partial charge < -0.3 is 15.0 Å².